The van der Waals surface area contributed by atoms with E-state index in [1.54, 1.807) is 11.0 Å². The van der Waals surface area contributed by atoms with Crippen LogP contribution in [0.3, 0.4) is 0 Å². The van der Waals surface area contributed by atoms with E-state index in [9.17, 15) is 9.90 Å². The molecule has 2 N–H and O–H groups in total. The Morgan fingerprint density at radius 2 is 1.64 bits per heavy atom. The third kappa shape index (κ3) is 4.21. The van der Waals surface area contributed by atoms with Gasteiger partial charge < -0.3 is 15.0 Å². The summed E-state index contributed by atoms with van der Waals surface area (Å²) in [6.07, 6.45) is 6.37. The molecule has 33 heavy (non-hydrogen) atoms. The fraction of sp³-hybridized carbons (Fsp3) is 0.192. The predicted octanol–water partition coefficient (Wildman–Crippen LogP) is 4.52. The van der Waals surface area contributed by atoms with Crippen LogP contribution in [0.4, 0.5) is 0 Å². The van der Waals surface area contributed by atoms with Crippen LogP contribution in [0.5, 0.6) is 0 Å². The fourth-order valence-electron chi connectivity index (χ4n) is 4.07. The highest BCUT2D eigenvalue weighted by Crippen LogP contribution is 2.30. The molecule has 1 aliphatic heterocycles. The molecule has 0 bridgehead atoms. The van der Waals surface area contributed by atoms with Crippen LogP contribution in [0.15, 0.2) is 54.6 Å². The van der Waals surface area contributed by atoms with Gasteiger partial charge in [0.1, 0.15) is 0 Å². The minimum absolute atomic E-state index is 0.00580. The summed E-state index contributed by atoms with van der Waals surface area (Å²) in [5, 5.41) is 10.2. The Bertz CT molecular complexity index is 1360. The normalized spacial score (nSPS) is 14.4. The van der Waals surface area contributed by atoms with E-state index in [4.69, 9.17) is 18.0 Å². The monoisotopic (exact) mass is 456 g/mol. The van der Waals surface area contributed by atoms with Crippen molar-refractivity contribution >= 4 is 28.7 Å². The minimum atomic E-state index is -0.300. The number of halogens is 1. The molecule has 1 saturated heterocycles. The third-order valence-electron chi connectivity index (χ3n) is 5.94. The highest BCUT2D eigenvalue weighted by molar-refractivity contribution is 6.33. The number of nitrogens with zero attached hydrogens (tertiary/aromatic N) is 3. The van der Waals surface area contributed by atoms with Crippen molar-refractivity contribution in [1.29, 1.82) is 0 Å². The minimum Gasteiger partial charge on any atom is -0.393 e. The second-order valence-electron chi connectivity index (χ2n) is 8.10. The lowest BCUT2D eigenvalue weighted by atomic mass is 10.0. The lowest BCUT2D eigenvalue weighted by Gasteiger charge is -2.29. The van der Waals surface area contributed by atoms with Gasteiger partial charge in [-0.3, -0.25) is 4.79 Å². The van der Waals surface area contributed by atoms with Crippen LogP contribution in [0, 0.1) is 12.3 Å². The standard InChI is InChI=1S/C26H21ClN4O2/c1-2-23-28-22-15-21(27)24(30-25(22)29-23)18-7-3-16(4-8-18)17-5-9-19(10-6-17)26(33)31-13-11-20(32)12-14-31/h1,3-10,15,20,32H,11-14H2,(H,28,29,30). The number of carbonyl (C=O) groups is 1. The predicted molar refractivity (Wildman–Crippen MR) is 129 cm³/mol. The van der Waals surface area contributed by atoms with Gasteiger partial charge in [0.05, 0.1) is 22.3 Å². The number of piperidine rings is 1. The van der Waals surface area contributed by atoms with E-state index in [0.29, 0.717) is 59.2 Å². The van der Waals surface area contributed by atoms with Crippen molar-refractivity contribution in [3.05, 3.63) is 71.0 Å². The molecule has 2 aromatic heterocycles. The average Bonchev–Trinajstić information content (AvgIpc) is 3.26. The summed E-state index contributed by atoms with van der Waals surface area (Å²) in [7, 11) is 0. The van der Waals surface area contributed by atoms with Crippen molar-refractivity contribution in [1.82, 2.24) is 19.9 Å². The van der Waals surface area contributed by atoms with Crippen LogP contribution in [0.25, 0.3) is 33.5 Å². The Labute approximate surface area is 196 Å². The first-order chi connectivity index (χ1) is 16.0. The second-order valence-corrected chi connectivity index (χ2v) is 8.50. The number of pyridine rings is 1. The number of fused-ring (bicyclic) bond motifs is 1. The summed E-state index contributed by atoms with van der Waals surface area (Å²) in [5.41, 5.74) is 5.41. The molecule has 2 aromatic carbocycles. The SMILES string of the molecule is C#Cc1nc2nc(-c3ccc(-c4ccc(C(=O)N5CCC(O)CC5)cc4)cc3)c(Cl)cc2[nH]1. The number of imidazole rings is 1. The number of rotatable bonds is 3. The molecule has 0 saturated carbocycles. The molecule has 3 heterocycles. The van der Waals surface area contributed by atoms with Gasteiger partial charge in [-0.1, -0.05) is 48.0 Å². The van der Waals surface area contributed by atoms with Crippen molar-refractivity contribution < 1.29 is 9.90 Å². The molecule has 0 atom stereocenters. The number of amides is 1. The van der Waals surface area contributed by atoms with E-state index >= 15 is 0 Å². The molecule has 1 aliphatic rings. The summed E-state index contributed by atoms with van der Waals surface area (Å²) in [5.74, 6) is 2.89. The first-order valence-corrected chi connectivity index (χ1v) is 11.1. The summed E-state index contributed by atoms with van der Waals surface area (Å²) >= 11 is 6.45. The molecule has 0 aliphatic carbocycles. The number of nitrogens with one attached hydrogen (secondary N) is 1. The van der Waals surface area contributed by atoms with Crippen molar-refractivity contribution in [2.24, 2.45) is 0 Å². The smallest absolute Gasteiger partial charge is 0.253 e. The number of likely N-dealkylation sites (tertiary alicyclic amines) is 1. The van der Waals surface area contributed by atoms with Gasteiger partial charge in [-0.15, -0.1) is 6.42 Å². The van der Waals surface area contributed by atoms with Crippen LogP contribution < -0.4 is 0 Å². The van der Waals surface area contributed by atoms with Crippen LogP contribution >= 0.6 is 11.6 Å². The number of aromatic nitrogens is 3. The molecule has 4 aromatic rings. The molecule has 7 heteroatoms. The van der Waals surface area contributed by atoms with Crippen molar-refractivity contribution in [2.45, 2.75) is 18.9 Å². The number of benzene rings is 2. The molecular formula is C26H21ClN4O2. The largest absolute Gasteiger partial charge is 0.393 e. The van der Waals surface area contributed by atoms with Crippen LogP contribution in [0.1, 0.15) is 29.0 Å². The van der Waals surface area contributed by atoms with Crippen molar-refractivity contribution in [3.8, 4) is 34.7 Å². The molecule has 1 amide bonds. The zero-order chi connectivity index (χ0) is 22.9. The van der Waals surface area contributed by atoms with E-state index in [0.717, 1.165) is 16.7 Å². The number of aliphatic hydroxyl groups excluding tert-OH is 1. The highest BCUT2D eigenvalue weighted by Gasteiger charge is 2.22. The van der Waals surface area contributed by atoms with Gasteiger partial charge in [-0.25, -0.2) is 9.97 Å². The number of aliphatic hydroxyl groups is 1. The highest BCUT2D eigenvalue weighted by atomic mass is 35.5. The molecule has 0 radical (unpaired) electrons. The zero-order valence-corrected chi connectivity index (χ0v) is 18.5. The first-order valence-electron chi connectivity index (χ1n) is 10.7. The fourth-order valence-corrected chi connectivity index (χ4v) is 4.33. The van der Waals surface area contributed by atoms with Gasteiger partial charge >= 0.3 is 0 Å². The number of hydrogen-bond donors (Lipinski definition) is 2. The van der Waals surface area contributed by atoms with E-state index in [2.05, 4.69) is 20.9 Å². The van der Waals surface area contributed by atoms with Crippen LogP contribution in [0.2, 0.25) is 5.02 Å². The molecule has 5 rings (SSSR count). The summed E-state index contributed by atoms with van der Waals surface area (Å²) in [4.78, 5) is 26.4. The van der Waals surface area contributed by atoms with E-state index < -0.39 is 0 Å². The molecule has 0 unspecified atom stereocenters. The number of H-pyrrole nitrogens is 1. The van der Waals surface area contributed by atoms with E-state index in [-0.39, 0.29) is 12.0 Å². The lowest BCUT2D eigenvalue weighted by Crippen LogP contribution is -2.40. The van der Waals surface area contributed by atoms with Gasteiger partial charge in [-0.2, -0.15) is 0 Å². The maximum Gasteiger partial charge on any atom is 0.253 e. The van der Waals surface area contributed by atoms with Gasteiger partial charge in [0.15, 0.2) is 11.5 Å². The average molecular weight is 457 g/mol. The zero-order valence-electron chi connectivity index (χ0n) is 17.8. The maximum absolute atomic E-state index is 12.7. The molecular weight excluding hydrogens is 436 g/mol. The number of carbonyl (C=O) groups excluding carboxylic acids is 1. The maximum atomic E-state index is 12.7. The molecule has 1 fully saturated rings. The summed E-state index contributed by atoms with van der Waals surface area (Å²) in [6.45, 7) is 1.18. The third-order valence-corrected chi connectivity index (χ3v) is 6.23. The Hall–Kier alpha value is -3.66. The van der Waals surface area contributed by atoms with Gasteiger partial charge in [0.2, 0.25) is 0 Å². The number of hydrogen-bond acceptors (Lipinski definition) is 4. The molecule has 164 valence electrons. The Morgan fingerprint density at radius 3 is 2.27 bits per heavy atom. The van der Waals surface area contributed by atoms with E-state index in [1.807, 2.05) is 48.5 Å². The summed E-state index contributed by atoms with van der Waals surface area (Å²) in [6, 6.07) is 17.3. The quantitative estimate of drug-likeness (QED) is 0.444. The van der Waals surface area contributed by atoms with Gasteiger partial charge in [-0.05, 0) is 48.1 Å². The Balaban J connectivity index is 1.35. The van der Waals surface area contributed by atoms with E-state index in [1.165, 1.54) is 0 Å². The lowest BCUT2D eigenvalue weighted by molar-refractivity contribution is 0.0546. The van der Waals surface area contributed by atoms with Crippen LogP contribution in [-0.4, -0.2) is 50.1 Å². The molecule has 0 spiro atoms. The second kappa shape index (κ2) is 8.70. The Morgan fingerprint density at radius 1 is 1.03 bits per heavy atom. The van der Waals surface area contributed by atoms with Crippen LogP contribution in [-0.2, 0) is 0 Å². The van der Waals surface area contributed by atoms with Crippen molar-refractivity contribution in [3.63, 3.8) is 0 Å². The van der Waals surface area contributed by atoms with Gasteiger partial charge in [0, 0.05) is 24.2 Å². The number of aromatic amines is 1. The van der Waals surface area contributed by atoms with Crippen molar-refractivity contribution in [2.75, 3.05) is 13.1 Å². The number of terminal acetylenes is 1. The molecule has 6 nitrogen and oxygen atoms in total. The summed E-state index contributed by atoms with van der Waals surface area (Å²) < 4.78 is 0. The first kappa shape index (κ1) is 21.2. The topological polar surface area (TPSA) is 82.1 Å². The Kier molecular flexibility index (Phi) is 5.59. The van der Waals surface area contributed by atoms with Gasteiger partial charge in [0.25, 0.3) is 5.91 Å².